The molecule has 2 aromatic heterocycles. The van der Waals surface area contributed by atoms with E-state index in [0.717, 1.165) is 54.0 Å². The van der Waals surface area contributed by atoms with Crippen molar-refractivity contribution in [2.24, 2.45) is 5.92 Å². The van der Waals surface area contributed by atoms with Gasteiger partial charge in [0.2, 0.25) is 0 Å². The van der Waals surface area contributed by atoms with Gasteiger partial charge in [-0.2, -0.15) is 0 Å². The smallest absolute Gasteiger partial charge is 0.265 e. The quantitative estimate of drug-likeness (QED) is 0.317. The van der Waals surface area contributed by atoms with Gasteiger partial charge in [0.05, 0.1) is 30.8 Å². The third kappa shape index (κ3) is 4.66. The summed E-state index contributed by atoms with van der Waals surface area (Å²) >= 11 is 1.42. The van der Waals surface area contributed by atoms with Crippen molar-refractivity contribution in [2.75, 3.05) is 32.6 Å². The minimum Gasteiger partial charge on any atom is -0.497 e. The van der Waals surface area contributed by atoms with Crippen molar-refractivity contribution >= 4 is 33.9 Å². The van der Waals surface area contributed by atoms with Gasteiger partial charge in [-0.05, 0) is 73.6 Å². The van der Waals surface area contributed by atoms with E-state index in [-0.39, 0.29) is 11.9 Å². The molecule has 1 atom stereocenters. The molecule has 0 saturated carbocycles. The number of furan rings is 1. The lowest BCUT2D eigenvalue weighted by Gasteiger charge is -2.37. The summed E-state index contributed by atoms with van der Waals surface area (Å²) in [4.78, 5) is 16.3. The molecule has 4 aromatic rings. The number of carbonyl (C=O) groups excluding carboxylic acids is 1. The number of methoxy groups -OCH3 is 2. The number of amides is 1. The van der Waals surface area contributed by atoms with E-state index in [1.165, 1.54) is 11.3 Å². The van der Waals surface area contributed by atoms with E-state index in [0.29, 0.717) is 22.2 Å². The monoisotopic (exact) mass is 490 g/mol. The molecule has 0 spiro atoms. The van der Waals surface area contributed by atoms with Gasteiger partial charge in [0, 0.05) is 10.9 Å². The third-order valence-electron chi connectivity index (χ3n) is 6.77. The Morgan fingerprint density at radius 2 is 1.89 bits per heavy atom. The molecule has 35 heavy (non-hydrogen) atoms. The zero-order chi connectivity index (χ0) is 24.4. The van der Waals surface area contributed by atoms with Crippen LogP contribution >= 0.6 is 11.3 Å². The van der Waals surface area contributed by atoms with Crippen molar-refractivity contribution in [1.29, 1.82) is 0 Å². The highest BCUT2D eigenvalue weighted by Gasteiger charge is 2.34. The largest absolute Gasteiger partial charge is 0.497 e. The fraction of sp³-hybridized carbons (Fsp3) is 0.321. The molecule has 182 valence electrons. The summed E-state index contributed by atoms with van der Waals surface area (Å²) < 4.78 is 17.9. The number of likely N-dealkylation sites (tertiary alicyclic amines) is 1. The first-order valence-corrected chi connectivity index (χ1v) is 12.8. The van der Waals surface area contributed by atoms with Crippen LogP contribution in [0.15, 0.2) is 64.4 Å². The maximum Gasteiger partial charge on any atom is 0.265 e. The molecule has 1 saturated heterocycles. The summed E-state index contributed by atoms with van der Waals surface area (Å²) in [6, 6.07) is 17.1. The second kappa shape index (κ2) is 10.1. The Bertz CT molecular complexity index is 1310. The molecule has 7 heteroatoms. The number of carbonyl (C=O) groups is 1. The first kappa shape index (κ1) is 23.5. The summed E-state index contributed by atoms with van der Waals surface area (Å²) in [6.45, 7) is 4.13. The molecule has 1 unspecified atom stereocenters. The summed E-state index contributed by atoms with van der Waals surface area (Å²) in [5, 5.41) is 5.96. The molecule has 1 N–H and O–H groups in total. The van der Waals surface area contributed by atoms with E-state index < -0.39 is 0 Å². The van der Waals surface area contributed by atoms with Crippen molar-refractivity contribution in [3.8, 4) is 11.5 Å². The first-order valence-electron chi connectivity index (χ1n) is 11.9. The van der Waals surface area contributed by atoms with Crippen LogP contribution in [0, 0.1) is 5.92 Å². The molecule has 1 amide bonds. The van der Waals surface area contributed by atoms with E-state index in [1.807, 2.05) is 60.0 Å². The van der Waals surface area contributed by atoms with Crippen molar-refractivity contribution in [3.63, 3.8) is 0 Å². The van der Waals surface area contributed by atoms with Crippen LogP contribution in [0.25, 0.3) is 11.0 Å². The minimum absolute atomic E-state index is 0.142. The van der Waals surface area contributed by atoms with Gasteiger partial charge in [-0.3, -0.25) is 9.69 Å². The predicted molar refractivity (Wildman–Crippen MR) is 140 cm³/mol. The first-order chi connectivity index (χ1) is 17.1. The fourth-order valence-electron chi connectivity index (χ4n) is 4.81. The lowest BCUT2D eigenvalue weighted by Crippen LogP contribution is -2.37. The number of benzene rings is 2. The standard InChI is InChI=1S/C28H30N2O4S/c1-18-12-14-30(15-13-18)26(21-17-19(32-2)10-11-22(21)33-3)27-25(20-7-4-5-8-23(20)34-27)29-28(31)24-9-6-16-35-24/h4-11,16-18,26H,12-15H2,1-3H3,(H,29,31). The molecule has 0 bridgehead atoms. The molecular formula is C28H30N2O4S. The molecule has 1 aliphatic heterocycles. The van der Waals surface area contributed by atoms with Gasteiger partial charge in [0.25, 0.3) is 5.91 Å². The Morgan fingerprint density at radius 1 is 1.09 bits per heavy atom. The van der Waals surface area contributed by atoms with Gasteiger partial charge in [-0.15, -0.1) is 11.3 Å². The van der Waals surface area contributed by atoms with Crippen LogP contribution in [0.4, 0.5) is 5.69 Å². The number of hydrogen-bond donors (Lipinski definition) is 1. The lowest BCUT2D eigenvalue weighted by atomic mass is 9.93. The highest BCUT2D eigenvalue weighted by molar-refractivity contribution is 7.12. The lowest BCUT2D eigenvalue weighted by molar-refractivity contribution is 0.102. The van der Waals surface area contributed by atoms with Crippen LogP contribution in [-0.4, -0.2) is 38.1 Å². The highest BCUT2D eigenvalue weighted by atomic mass is 32.1. The van der Waals surface area contributed by atoms with Gasteiger partial charge in [-0.1, -0.05) is 25.1 Å². The number of ether oxygens (including phenoxy) is 2. The SMILES string of the molecule is COc1ccc(OC)c(C(c2oc3ccccc3c2NC(=O)c2cccs2)N2CCC(C)CC2)c1. The predicted octanol–water partition coefficient (Wildman–Crippen LogP) is 6.59. The number of thiophene rings is 1. The molecule has 0 aliphatic carbocycles. The molecule has 1 fully saturated rings. The van der Waals surface area contributed by atoms with E-state index in [1.54, 1.807) is 14.2 Å². The Labute approximate surface area is 209 Å². The van der Waals surface area contributed by atoms with E-state index in [9.17, 15) is 4.79 Å². The van der Waals surface area contributed by atoms with Gasteiger partial charge < -0.3 is 19.2 Å². The number of piperidine rings is 1. The zero-order valence-corrected chi connectivity index (χ0v) is 21.1. The van der Waals surface area contributed by atoms with E-state index in [2.05, 4.69) is 17.1 Å². The Kier molecular flexibility index (Phi) is 6.79. The minimum atomic E-state index is -0.251. The number of anilines is 1. The second-order valence-electron chi connectivity index (χ2n) is 9.00. The van der Waals surface area contributed by atoms with Crippen molar-refractivity contribution in [2.45, 2.75) is 25.8 Å². The average Bonchev–Trinajstić information content (AvgIpc) is 3.54. The molecular weight excluding hydrogens is 460 g/mol. The van der Waals surface area contributed by atoms with Crippen LogP contribution < -0.4 is 14.8 Å². The molecule has 0 radical (unpaired) electrons. The fourth-order valence-corrected chi connectivity index (χ4v) is 5.43. The number of nitrogens with zero attached hydrogens (tertiary/aromatic N) is 1. The Hall–Kier alpha value is -3.29. The van der Waals surface area contributed by atoms with Crippen molar-refractivity contribution in [3.05, 3.63) is 76.2 Å². The number of fused-ring (bicyclic) bond motifs is 1. The van der Waals surface area contributed by atoms with Crippen LogP contribution in [0.2, 0.25) is 0 Å². The number of rotatable bonds is 7. The van der Waals surface area contributed by atoms with E-state index in [4.69, 9.17) is 13.9 Å². The third-order valence-corrected chi connectivity index (χ3v) is 7.64. The van der Waals surface area contributed by atoms with Gasteiger partial charge in [-0.25, -0.2) is 0 Å². The maximum absolute atomic E-state index is 13.2. The maximum atomic E-state index is 13.2. The molecule has 6 nitrogen and oxygen atoms in total. The summed E-state index contributed by atoms with van der Waals surface area (Å²) in [7, 11) is 3.34. The van der Waals surface area contributed by atoms with Crippen LogP contribution in [0.3, 0.4) is 0 Å². The Balaban J connectivity index is 1.69. The van der Waals surface area contributed by atoms with Gasteiger partial charge in [0.1, 0.15) is 17.1 Å². The zero-order valence-electron chi connectivity index (χ0n) is 20.2. The summed E-state index contributed by atoms with van der Waals surface area (Å²) in [5.41, 5.74) is 2.39. The van der Waals surface area contributed by atoms with Crippen LogP contribution in [-0.2, 0) is 0 Å². The van der Waals surface area contributed by atoms with Crippen molar-refractivity contribution < 1.29 is 18.7 Å². The van der Waals surface area contributed by atoms with Gasteiger partial charge >= 0.3 is 0 Å². The molecule has 5 rings (SSSR count). The molecule has 3 heterocycles. The summed E-state index contributed by atoms with van der Waals surface area (Å²) in [6.07, 6.45) is 2.19. The second-order valence-corrected chi connectivity index (χ2v) is 9.95. The highest BCUT2D eigenvalue weighted by Crippen LogP contribution is 2.45. The van der Waals surface area contributed by atoms with Crippen LogP contribution in [0.5, 0.6) is 11.5 Å². The average molecular weight is 491 g/mol. The normalized spacial score (nSPS) is 15.7. The number of nitrogens with one attached hydrogen (secondary N) is 1. The topological polar surface area (TPSA) is 63.9 Å². The number of hydrogen-bond acceptors (Lipinski definition) is 6. The number of para-hydroxylation sites is 1. The van der Waals surface area contributed by atoms with E-state index >= 15 is 0 Å². The van der Waals surface area contributed by atoms with Crippen LogP contribution in [0.1, 0.15) is 46.8 Å². The molecule has 1 aliphatic rings. The molecule has 2 aromatic carbocycles. The van der Waals surface area contributed by atoms with Crippen molar-refractivity contribution in [1.82, 2.24) is 4.90 Å². The van der Waals surface area contributed by atoms with Gasteiger partial charge in [0.15, 0.2) is 5.76 Å². The summed E-state index contributed by atoms with van der Waals surface area (Å²) in [5.74, 6) is 2.74. The Morgan fingerprint density at radius 3 is 2.60 bits per heavy atom.